The molecule has 1 fully saturated rings. The van der Waals surface area contributed by atoms with E-state index in [9.17, 15) is 0 Å². The van der Waals surface area contributed by atoms with Crippen molar-refractivity contribution in [2.24, 2.45) is 5.92 Å². The molecule has 2 atom stereocenters. The molecule has 0 aliphatic carbocycles. The third kappa shape index (κ3) is 2.86. The van der Waals surface area contributed by atoms with Crippen LogP contribution in [0.5, 0.6) is 0 Å². The summed E-state index contributed by atoms with van der Waals surface area (Å²) in [6.45, 7) is 11.7. The molecule has 0 bridgehead atoms. The number of nitrogens with two attached hydrogens (primary N) is 1. The van der Waals surface area contributed by atoms with Crippen molar-refractivity contribution < 1.29 is 0 Å². The van der Waals surface area contributed by atoms with Crippen LogP contribution in [0.1, 0.15) is 39.7 Å². The van der Waals surface area contributed by atoms with Crippen molar-refractivity contribution in [3.05, 3.63) is 29.8 Å². The molecular formula is C16H26N2. The molecule has 1 aliphatic heterocycles. The van der Waals surface area contributed by atoms with E-state index in [1.807, 2.05) is 12.1 Å². The Morgan fingerprint density at radius 1 is 1.22 bits per heavy atom. The zero-order chi connectivity index (χ0) is 13.3. The molecule has 1 aromatic rings. The molecular weight excluding hydrogens is 220 g/mol. The first-order valence-electron chi connectivity index (χ1n) is 6.98. The number of hydrogen-bond acceptors (Lipinski definition) is 2. The number of rotatable bonds is 3. The normalized spacial score (nSPS) is 25.6. The number of benzene rings is 1. The number of likely N-dealkylation sites (tertiary alicyclic amines) is 1. The van der Waals surface area contributed by atoms with Crippen LogP contribution in [0.25, 0.3) is 0 Å². The maximum atomic E-state index is 5.76. The molecule has 100 valence electrons. The van der Waals surface area contributed by atoms with E-state index in [-0.39, 0.29) is 5.41 Å². The maximum Gasteiger partial charge on any atom is 0.0314 e. The number of hydrogen-bond donors (Lipinski definition) is 1. The molecule has 0 spiro atoms. The number of nitrogens with zero attached hydrogens (tertiary/aromatic N) is 1. The highest BCUT2D eigenvalue weighted by atomic mass is 15.2. The van der Waals surface area contributed by atoms with Gasteiger partial charge in [0.15, 0.2) is 0 Å². The van der Waals surface area contributed by atoms with E-state index in [2.05, 4.69) is 44.7 Å². The fourth-order valence-electron chi connectivity index (χ4n) is 3.14. The molecule has 2 rings (SSSR count). The average molecular weight is 246 g/mol. The highest BCUT2D eigenvalue weighted by Gasteiger charge is 2.31. The van der Waals surface area contributed by atoms with Crippen LogP contribution < -0.4 is 5.73 Å². The molecule has 2 nitrogen and oxygen atoms in total. The van der Waals surface area contributed by atoms with Gasteiger partial charge in [-0.25, -0.2) is 0 Å². The Hall–Kier alpha value is -1.02. The van der Waals surface area contributed by atoms with E-state index in [1.54, 1.807) is 0 Å². The third-order valence-corrected chi connectivity index (χ3v) is 4.20. The number of nitrogen functional groups attached to an aromatic ring is 1. The fraction of sp³-hybridized carbons (Fsp3) is 0.625. The lowest BCUT2D eigenvalue weighted by Gasteiger charge is -2.33. The Bertz CT molecular complexity index is 394. The van der Waals surface area contributed by atoms with Crippen molar-refractivity contribution in [3.63, 3.8) is 0 Å². The van der Waals surface area contributed by atoms with E-state index >= 15 is 0 Å². The highest BCUT2D eigenvalue weighted by molar-refractivity contribution is 5.41. The van der Waals surface area contributed by atoms with Crippen LogP contribution in [-0.2, 0) is 5.41 Å². The lowest BCUT2D eigenvalue weighted by atomic mass is 9.84. The van der Waals surface area contributed by atoms with Crippen molar-refractivity contribution >= 4 is 5.69 Å². The topological polar surface area (TPSA) is 29.3 Å². The van der Waals surface area contributed by atoms with Gasteiger partial charge in [0.2, 0.25) is 0 Å². The van der Waals surface area contributed by atoms with Crippen LogP contribution in [-0.4, -0.2) is 24.0 Å². The summed E-state index contributed by atoms with van der Waals surface area (Å²) < 4.78 is 0. The van der Waals surface area contributed by atoms with Crippen LogP contribution in [0.2, 0.25) is 0 Å². The van der Waals surface area contributed by atoms with Gasteiger partial charge in [0.05, 0.1) is 0 Å². The van der Waals surface area contributed by atoms with Gasteiger partial charge in [0.25, 0.3) is 0 Å². The van der Waals surface area contributed by atoms with Crippen LogP contribution in [0.15, 0.2) is 24.3 Å². The smallest absolute Gasteiger partial charge is 0.0314 e. The third-order valence-electron chi connectivity index (χ3n) is 4.20. The van der Waals surface area contributed by atoms with E-state index in [0.717, 1.165) is 18.2 Å². The van der Waals surface area contributed by atoms with Gasteiger partial charge in [-0.05, 0) is 37.0 Å². The molecule has 1 aliphatic rings. The molecule has 0 amide bonds. The van der Waals surface area contributed by atoms with Crippen LogP contribution in [0.3, 0.4) is 0 Å². The lowest BCUT2D eigenvalue weighted by molar-refractivity contribution is 0.215. The Labute approximate surface area is 111 Å². The molecule has 0 aromatic heterocycles. The molecule has 1 heterocycles. The van der Waals surface area contributed by atoms with Crippen LogP contribution >= 0.6 is 0 Å². The van der Waals surface area contributed by atoms with Gasteiger partial charge >= 0.3 is 0 Å². The first kappa shape index (κ1) is 13.4. The molecule has 18 heavy (non-hydrogen) atoms. The molecule has 1 aromatic carbocycles. The zero-order valence-corrected chi connectivity index (χ0v) is 12.1. The van der Waals surface area contributed by atoms with Gasteiger partial charge in [-0.3, -0.25) is 4.90 Å². The molecule has 2 unspecified atom stereocenters. The van der Waals surface area contributed by atoms with Crippen molar-refractivity contribution in [1.82, 2.24) is 4.90 Å². The Morgan fingerprint density at radius 3 is 2.33 bits per heavy atom. The van der Waals surface area contributed by atoms with Crippen molar-refractivity contribution in [2.45, 2.75) is 45.6 Å². The van der Waals surface area contributed by atoms with Crippen LogP contribution in [0.4, 0.5) is 5.69 Å². The maximum absolute atomic E-state index is 5.76. The molecule has 0 saturated carbocycles. The Morgan fingerprint density at radius 2 is 1.83 bits per heavy atom. The lowest BCUT2D eigenvalue weighted by Crippen LogP contribution is -2.39. The quantitative estimate of drug-likeness (QED) is 0.829. The summed E-state index contributed by atoms with van der Waals surface area (Å²) in [5.74, 6) is 0.835. The van der Waals surface area contributed by atoms with Gasteiger partial charge < -0.3 is 5.73 Å². The summed E-state index contributed by atoms with van der Waals surface area (Å²) >= 11 is 0. The Balaban J connectivity index is 2.09. The van der Waals surface area contributed by atoms with Crippen molar-refractivity contribution in [2.75, 3.05) is 18.8 Å². The summed E-state index contributed by atoms with van der Waals surface area (Å²) in [6, 6.07) is 9.06. The van der Waals surface area contributed by atoms with E-state index < -0.39 is 0 Å². The van der Waals surface area contributed by atoms with Gasteiger partial charge in [0, 0.05) is 30.2 Å². The summed E-state index contributed by atoms with van der Waals surface area (Å²) in [6.07, 6.45) is 1.33. The summed E-state index contributed by atoms with van der Waals surface area (Å²) in [4.78, 5) is 2.63. The second kappa shape index (κ2) is 4.93. The average Bonchev–Trinajstić information content (AvgIpc) is 2.57. The monoisotopic (exact) mass is 246 g/mol. The zero-order valence-electron chi connectivity index (χ0n) is 12.1. The summed E-state index contributed by atoms with van der Waals surface area (Å²) in [5.41, 5.74) is 8.17. The minimum Gasteiger partial charge on any atom is -0.399 e. The predicted octanol–water partition coefficient (Wildman–Crippen LogP) is 3.28. The van der Waals surface area contributed by atoms with E-state index in [1.165, 1.54) is 18.5 Å². The minimum absolute atomic E-state index is 0.187. The molecule has 2 heteroatoms. The fourth-order valence-corrected chi connectivity index (χ4v) is 3.14. The predicted molar refractivity (Wildman–Crippen MR) is 78.7 cm³/mol. The summed E-state index contributed by atoms with van der Waals surface area (Å²) in [7, 11) is 0. The minimum atomic E-state index is 0.187. The first-order valence-corrected chi connectivity index (χ1v) is 6.98. The Kier molecular flexibility index (Phi) is 3.67. The number of anilines is 1. The van der Waals surface area contributed by atoms with E-state index in [4.69, 9.17) is 5.73 Å². The summed E-state index contributed by atoms with van der Waals surface area (Å²) in [5, 5.41) is 0. The standard InChI is InChI=1S/C16H26N2/c1-12-9-13(2)18(10-12)11-16(3,4)14-5-7-15(17)8-6-14/h5-8,12-13H,9-11,17H2,1-4H3. The second-order valence-electron chi connectivity index (χ2n) is 6.63. The molecule has 1 saturated heterocycles. The highest BCUT2D eigenvalue weighted by Crippen LogP contribution is 2.30. The van der Waals surface area contributed by atoms with Gasteiger partial charge in [-0.15, -0.1) is 0 Å². The van der Waals surface area contributed by atoms with Gasteiger partial charge in [-0.2, -0.15) is 0 Å². The SMILES string of the molecule is CC1CC(C)N(CC(C)(C)c2ccc(N)cc2)C1. The van der Waals surface area contributed by atoms with E-state index in [0.29, 0.717) is 6.04 Å². The first-order chi connectivity index (χ1) is 8.38. The van der Waals surface area contributed by atoms with Crippen molar-refractivity contribution in [3.8, 4) is 0 Å². The molecule has 0 radical (unpaired) electrons. The van der Waals surface area contributed by atoms with Gasteiger partial charge in [0.1, 0.15) is 0 Å². The molecule has 2 N–H and O–H groups in total. The van der Waals surface area contributed by atoms with Crippen molar-refractivity contribution in [1.29, 1.82) is 0 Å². The van der Waals surface area contributed by atoms with Gasteiger partial charge in [-0.1, -0.05) is 32.9 Å². The second-order valence-corrected chi connectivity index (χ2v) is 6.63. The largest absolute Gasteiger partial charge is 0.399 e. The van der Waals surface area contributed by atoms with Crippen LogP contribution in [0, 0.1) is 5.92 Å².